The van der Waals surface area contributed by atoms with E-state index in [1.54, 1.807) is 45.3 Å². The summed E-state index contributed by atoms with van der Waals surface area (Å²) in [5, 5.41) is 3.54. The minimum absolute atomic E-state index is 0.00850. The maximum atomic E-state index is 14.9. The average Bonchev–Trinajstić information content (AvgIpc) is 3.35. The van der Waals surface area contributed by atoms with Crippen LogP contribution in [-0.4, -0.2) is 58.3 Å². The number of carbonyl (C=O) groups is 3. The molecule has 0 unspecified atom stereocenters. The van der Waals surface area contributed by atoms with Gasteiger partial charge in [-0.3, -0.25) is 4.79 Å². The monoisotopic (exact) mass is 620 g/mol. The largest absolute Gasteiger partial charge is 0.457 e. The molecule has 12 heteroatoms. The number of nitrogens with one attached hydrogen (secondary N) is 1. The number of aryl methyl sites for hydroxylation is 2. The third kappa shape index (κ3) is 5.00. The fourth-order valence-corrected chi connectivity index (χ4v) is 6.63. The van der Waals surface area contributed by atoms with E-state index in [0.717, 1.165) is 41.3 Å². The molecule has 4 heterocycles. The van der Waals surface area contributed by atoms with Crippen molar-refractivity contribution in [3.8, 4) is 11.4 Å². The summed E-state index contributed by atoms with van der Waals surface area (Å²) >= 11 is 0. The van der Waals surface area contributed by atoms with Crippen LogP contribution in [0.4, 0.5) is 14.0 Å². The van der Waals surface area contributed by atoms with Crippen LogP contribution in [0.1, 0.15) is 73.9 Å². The Labute approximate surface area is 259 Å². The van der Waals surface area contributed by atoms with E-state index in [-0.39, 0.29) is 48.6 Å². The number of aromatic nitrogens is 2. The highest BCUT2D eigenvalue weighted by molar-refractivity contribution is 5.93. The molecule has 0 spiro atoms. The van der Waals surface area contributed by atoms with E-state index in [1.807, 2.05) is 0 Å². The van der Waals surface area contributed by atoms with Gasteiger partial charge in [-0.15, -0.1) is 0 Å². The van der Waals surface area contributed by atoms with E-state index in [2.05, 4.69) is 5.32 Å². The molecular formula is C33H37FN4O7. The van der Waals surface area contributed by atoms with Gasteiger partial charge < -0.3 is 29.0 Å². The Morgan fingerprint density at radius 2 is 1.89 bits per heavy atom. The van der Waals surface area contributed by atoms with Crippen LogP contribution in [0.2, 0.25) is 0 Å². The fraction of sp³-hybridized carbons (Fsp3) is 0.485. The summed E-state index contributed by atoms with van der Waals surface area (Å²) in [7, 11) is 1.47. The van der Waals surface area contributed by atoms with Crippen LogP contribution in [0.5, 0.6) is 0 Å². The molecule has 6 rings (SSSR count). The first-order valence-electron chi connectivity index (χ1n) is 15.2. The van der Waals surface area contributed by atoms with Gasteiger partial charge in [0, 0.05) is 42.7 Å². The van der Waals surface area contributed by atoms with Crippen molar-refractivity contribution in [1.29, 1.82) is 0 Å². The van der Waals surface area contributed by atoms with Crippen LogP contribution in [0, 0.1) is 12.7 Å². The highest BCUT2D eigenvalue weighted by atomic mass is 19.1. The third-order valence-electron chi connectivity index (χ3n) is 8.93. The highest BCUT2D eigenvalue weighted by Crippen LogP contribution is 2.44. The van der Waals surface area contributed by atoms with Gasteiger partial charge in [-0.1, -0.05) is 6.92 Å². The van der Waals surface area contributed by atoms with Crippen molar-refractivity contribution < 1.29 is 33.0 Å². The second kappa shape index (κ2) is 10.8. The van der Waals surface area contributed by atoms with Gasteiger partial charge in [-0.2, -0.15) is 0 Å². The molecule has 45 heavy (non-hydrogen) atoms. The lowest BCUT2D eigenvalue weighted by Gasteiger charge is -2.36. The van der Waals surface area contributed by atoms with Crippen molar-refractivity contribution >= 4 is 29.1 Å². The van der Waals surface area contributed by atoms with Crippen LogP contribution in [0.25, 0.3) is 22.3 Å². The van der Waals surface area contributed by atoms with Crippen molar-refractivity contribution in [2.75, 3.05) is 20.1 Å². The summed E-state index contributed by atoms with van der Waals surface area (Å²) in [6.45, 7) is 8.88. The second-order valence-electron chi connectivity index (χ2n) is 12.9. The van der Waals surface area contributed by atoms with E-state index in [9.17, 15) is 23.6 Å². The van der Waals surface area contributed by atoms with E-state index < -0.39 is 29.4 Å². The number of cyclic esters (lactones) is 1. The number of amides is 2. The van der Waals surface area contributed by atoms with Gasteiger partial charge >= 0.3 is 18.2 Å². The maximum absolute atomic E-state index is 14.9. The lowest BCUT2D eigenvalue weighted by Crippen LogP contribution is -2.49. The van der Waals surface area contributed by atoms with Crippen LogP contribution in [-0.2, 0) is 50.6 Å². The summed E-state index contributed by atoms with van der Waals surface area (Å²) in [6.07, 6.45) is 0.968. The van der Waals surface area contributed by atoms with Gasteiger partial charge in [0.25, 0.3) is 5.56 Å². The van der Waals surface area contributed by atoms with Crippen LogP contribution >= 0.6 is 0 Å². The fourth-order valence-electron chi connectivity index (χ4n) is 6.63. The summed E-state index contributed by atoms with van der Waals surface area (Å²) < 4.78 is 33.1. The Hall–Kier alpha value is -4.48. The Morgan fingerprint density at radius 3 is 2.60 bits per heavy atom. The van der Waals surface area contributed by atoms with Gasteiger partial charge in [0.05, 0.1) is 29.0 Å². The average molecular weight is 621 g/mol. The van der Waals surface area contributed by atoms with Crippen molar-refractivity contribution in [2.45, 2.75) is 84.7 Å². The second-order valence-corrected chi connectivity index (χ2v) is 12.9. The predicted molar refractivity (Wildman–Crippen MR) is 162 cm³/mol. The minimum atomic E-state index is -1.88. The number of pyridine rings is 2. The molecule has 0 radical (unpaired) electrons. The lowest BCUT2D eigenvalue weighted by atomic mass is 9.84. The Morgan fingerprint density at radius 1 is 1.16 bits per heavy atom. The zero-order chi connectivity index (χ0) is 32.4. The molecule has 11 nitrogen and oxygen atoms in total. The number of ether oxygens (including phenoxy) is 3. The predicted octanol–water partition coefficient (Wildman–Crippen LogP) is 4.62. The van der Waals surface area contributed by atoms with Gasteiger partial charge in [-0.25, -0.2) is 23.8 Å². The molecule has 2 amide bonds. The van der Waals surface area contributed by atoms with Crippen LogP contribution in [0.15, 0.2) is 16.9 Å². The number of nitrogens with zero attached hydrogens (tertiary/aromatic N) is 3. The Kier molecular flexibility index (Phi) is 7.36. The summed E-state index contributed by atoms with van der Waals surface area (Å²) in [4.78, 5) is 58.8. The van der Waals surface area contributed by atoms with Crippen molar-refractivity contribution in [3.05, 3.63) is 61.7 Å². The first-order chi connectivity index (χ1) is 21.3. The number of benzene rings is 1. The third-order valence-corrected chi connectivity index (χ3v) is 8.93. The number of likely N-dealkylation sites (N-methyl/N-ethyl adjacent to an activating group) is 1. The van der Waals surface area contributed by atoms with Gasteiger partial charge in [0.2, 0.25) is 5.60 Å². The van der Waals surface area contributed by atoms with Gasteiger partial charge in [0.1, 0.15) is 18.0 Å². The first-order valence-corrected chi connectivity index (χ1v) is 15.2. The van der Waals surface area contributed by atoms with Crippen molar-refractivity contribution in [3.63, 3.8) is 0 Å². The van der Waals surface area contributed by atoms with Gasteiger partial charge in [0.15, 0.2) is 0 Å². The topological polar surface area (TPSA) is 129 Å². The normalized spacial score (nSPS) is 18.1. The van der Waals surface area contributed by atoms with Crippen LogP contribution in [0.3, 0.4) is 0 Å². The molecule has 0 fully saturated rings. The number of alkyl carbamates (subject to hydrolysis) is 1. The highest BCUT2D eigenvalue weighted by Gasteiger charge is 2.51. The van der Waals surface area contributed by atoms with E-state index >= 15 is 0 Å². The summed E-state index contributed by atoms with van der Waals surface area (Å²) in [5.41, 5.74) is 2.74. The SMILES string of the molecule is CC[C@@]1(OC(=O)N(C)CCNC(=O)OC(C)(C)C)C(=O)OCc2c1cc1n(c2=O)Cc2c-1nc1cc(F)c(C)c3c1c2CCC3. The molecule has 2 aromatic heterocycles. The van der Waals surface area contributed by atoms with E-state index in [0.29, 0.717) is 29.0 Å². The number of fused-ring (bicyclic) bond motifs is 5. The molecule has 0 saturated carbocycles. The zero-order valence-corrected chi connectivity index (χ0v) is 26.4. The van der Waals surface area contributed by atoms with Crippen LogP contribution < -0.4 is 10.9 Å². The standard InChI is InChI=1S/C33H37FN4O7/c1-7-33(45-31(42)37(6)12-11-35-30(41)44-32(3,4)5)22-13-25-27-20(15-38(25)28(39)21(22)16-43-29(33)40)19-10-8-9-18-17(2)23(34)14-24(36-27)26(18)19/h13-14H,7-12,15-16H2,1-6H3,(H,35,41)/t33-/m0/s1. The molecule has 3 aromatic rings. The molecule has 1 atom stereocenters. The summed E-state index contributed by atoms with van der Waals surface area (Å²) in [5.74, 6) is -1.10. The zero-order valence-electron chi connectivity index (χ0n) is 26.4. The number of carbonyl (C=O) groups excluding carboxylic acids is 3. The summed E-state index contributed by atoms with van der Waals surface area (Å²) in [6, 6.07) is 3.15. The number of esters is 1. The van der Waals surface area contributed by atoms with E-state index in [4.69, 9.17) is 19.2 Å². The Bertz CT molecular complexity index is 1840. The van der Waals surface area contributed by atoms with E-state index in [1.165, 1.54) is 18.0 Å². The molecule has 1 aromatic carbocycles. The molecule has 1 aliphatic carbocycles. The number of hydrogen-bond acceptors (Lipinski definition) is 8. The Balaban J connectivity index is 1.36. The smallest absolute Gasteiger partial charge is 0.411 e. The minimum Gasteiger partial charge on any atom is -0.457 e. The molecule has 2 aliphatic heterocycles. The number of halogens is 1. The molecule has 0 bridgehead atoms. The quantitative estimate of drug-likeness (QED) is 0.253. The van der Waals surface area contributed by atoms with Crippen molar-refractivity contribution in [1.82, 2.24) is 19.8 Å². The maximum Gasteiger partial charge on any atom is 0.411 e. The number of rotatable bonds is 5. The number of hydrogen-bond donors (Lipinski definition) is 1. The van der Waals surface area contributed by atoms with Gasteiger partial charge in [-0.05, 0) is 76.1 Å². The molecule has 1 N–H and O–H groups in total. The molecule has 0 saturated heterocycles. The van der Waals surface area contributed by atoms with Crippen molar-refractivity contribution in [2.24, 2.45) is 0 Å². The lowest BCUT2D eigenvalue weighted by molar-refractivity contribution is -0.173. The molecular weight excluding hydrogens is 583 g/mol. The first kappa shape index (κ1) is 30.5. The molecule has 238 valence electrons. The molecule has 3 aliphatic rings.